The molecule has 1 aromatic rings. The Bertz CT molecular complexity index is 493. The van der Waals surface area contributed by atoms with Gasteiger partial charge in [0.05, 0.1) is 6.61 Å². The minimum Gasteiger partial charge on any atom is -0.493 e. The second-order valence-electron chi connectivity index (χ2n) is 6.11. The van der Waals surface area contributed by atoms with E-state index in [0.29, 0.717) is 0 Å². The maximum Gasteiger partial charge on any atom is 0.191 e. The van der Waals surface area contributed by atoms with Crippen molar-refractivity contribution in [2.24, 2.45) is 16.8 Å². The largest absolute Gasteiger partial charge is 0.493 e. The molecule has 0 aromatic heterocycles. The third kappa shape index (κ3) is 4.66. The third-order valence-electron chi connectivity index (χ3n) is 4.07. The molecule has 2 aliphatic rings. The molecule has 0 heterocycles. The minimum absolute atomic E-state index is 0.741. The van der Waals surface area contributed by atoms with E-state index in [-0.39, 0.29) is 0 Å². The van der Waals surface area contributed by atoms with Crippen LogP contribution < -0.4 is 15.4 Å². The van der Waals surface area contributed by atoms with Crippen LogP contribution in [0.3, 0.4) is 0 Å². The molecule has 0 spiro atoms. The molecule has 4 nitrogen and oxygen atoms in total. The van der Waals surface area contributed by atoms with Gasteiger partial charge in [-0.15, -0.1) is 0 Å². The Hall–Kier alpha value is -1.71. The highest BCUT2D eigenvalue weighted by Gasteiger charge is 2.22. The number of benzene rings is 1. The molecule has 2 aliphatic carbocycles. The predicted molar refractivity (Wildman–Crippen MR) is 85.6 cm³/mol. The van der Waals surface area contributed by atoms with Gasteiger partial charge >= 0.3 is 0 Å². The fourth-order valence-corrected chi connectivity index (χ4v) is 2.25. The molecule has 4 heteroatoms. The average Bonchev–Trinajstić information content (AvgIpc) is 3.39. The van der Waals surface area contributed by atoms with Crippen LogP contribution >= 0.6 is 0 Å². The molecule has 1 aromatic carbocycles. The molecule has 0 amide bonds. The molecule has 114 valence electrons. The molecule has 2 fully saturated rings. The van der Waals surface area contributed by atoms with Gasteiger partial charge in [0.25, 0.3) is 0 Å². The summed E-state index contributed by atoms with van der Waals surface area (Å²) in [7, 11) is 1.82. The highest BCUT2D eigenvalue weighted by Crippen LogP contribution is 2.30. The van der Waals surface area contributed by atoms with E-state index in [1.54, 1.807) is 0 Å². The van der Waals surface area contributed by atoms with Gasteiger partial charge in [-0.05, 0) is 43.6 Å². The summed E-state index contributed by atoms with van der Waals surface area (Å²) in [5.41, 5.74) is 1.19. The SMILES string of the molecule is CN=C(NCc1ccccc1OCC1CC1)NCC1CC1. The van der Waals surface area contributed by atoms with Crippen LogP contribution in [-0.2, 0) is 6.54 Å². The number of guanidine groups is 1. The van der Waals surface area contributed by atoms with E-state index in [1.807, 2.05) is 13.1 Å². The lowest BCUT2D eigenvalue weighted by molar-refractivity contribution is 0.296. The first-order chi connectivity index (χ1) is 10.3. The second-order valence-corrected chi connectivity index (χ2v) is 6.11. The van der Waals surface area contributed by atoms with Gasteiger partial charge in [-0.1, -0.05) is 18.2 Å². The van der Waals surface area contributed by atoms with Crippen LogP contribution in [0.15, 0.2) is 29.3 Å². The van der Waals surface area contributed by atoms with Gasteiger partial charge in [0.1, 0.15) is 5.75 Å². The van der Waals surface area contributed by atoms with Crippen molar-refractivity contribution >= 4 is 5.96 Å². The van der Waals surface area contributed by atoms with Crippen LogP contribution in [0.2, 0.25) is 0 Å². The lowest BCUT2D eigenvalue weighted by Gasteiger charge is -2.14. The number of nitrogens with zero attached hydrogens (tertiary/aromatic N) is 1. The van der Waals surface area contributed by atoms with Crippen LogP contribution in [0.4, 0.5) is 0 Å². The number of para-hydroxylation sites is 1. The zero-order valence-corrected chi connectivity index (χ0v) is 12.8. The number of nitrogens with one attached hydrogen (secondary N) is 2. The molecule has 3 rings (SSSR count). The monoisotopic (exact) mass is 287 g/mol. The Morgan fingerprint density at radius 1 is 1.14 bits per heavy atom. The van der Waals surface area contributed by atoms with Gasteiger partial charge in [-0.25, -0.2) is 0 Å². The first-order valence-corrected chi connectivity index (χ1v) is 8.00. The molecule has 0 saturated heterocycles. The zero-order valence-electron chi connectivity index (χ0n) is 12.8. The molecule has 2 saturated carbocycles. The van der Waals surface area contributed by atoms with Crippen LogP contribution in [-0.4, -0.2) is 26.2 Å². The fraction of sp³-hybridized carbons (Fsp3) is 0.588. The molecule has 0 bridgehead atoms. The van der Waals surface area contributed by atoms with Crippen molar-refractivity contribution < 1.29 is 4.74 Å². The Kier molecular flexibility index (Phi) is 4.63. The molecule has 0 atom stereocenters. The standard InChI is InChI=1S/C17H25N3O/c1-18-17(19-10-13-6-7-13)20-11-15-4-2-3-5-16(15)21-12-14-8-9-14/h2-5,13-14H,6-12H2,1H3,(H2,18,19,20). The molecule has 0 aliphatic heterocycles. The predicted octanol–water partition coefficient (Wildman–Crippen LogP) is 2.55. The normalized spacial score (nSPS) is 18.4. The summed E-state index contributed by atoms with van der Waals surface area (Å²) in [4.78, 5) is 4.27. The van der Waals surface area contributed by atoms with E-state index < -0.39 is 0 Å². The van der Waals surface area contributed by atoms with Crippen molar-refractivity contribution in [3.63, 3.8) is 0 Å². The summed E-state index contributed by atoms with van der Waals surface area (Å²) >= 11 is 0. The van der Waals surface area contributed by atoms with Crippen LogP contribution in [0.5, 0.6) is 5.75 Å². The summed E-state index contributed by atoms with van der Waals surface area (Å²) < 4.78 is 5.93. The van der Waals surface area contributed by atoms with Crippen molar-refractivity contribution in [1.29, 1.82) is 0 Å². The van der Waals surface area contributed by atoms with Gasteiger partial charge in [-0.2, -0.15) is 0 Å². The minimum atomic E-state index is 0.741. The summed E-state index contributed by atoms with van der Waals surface area (Å²) in [6, 6.07) is 8.26. The summed E-state index contributed by atoms with van der Waals surface area (Å²) in [6.07, 6.45) is 5.33. The molecule has 0 unspecified atom stereocenters. The van der Waals surface area contributed by atoms with Crippen LogP contribution in [0.1, 0.15) is 31.2 Å². The van der Waals surface area contributed by atoms with Crippen LogP contribution in [0, 0.1) is 11.8 Å². The number of hydrogen-bond acceptors (Lipinski definition) is 2. The van der Waals surface area contributed by atoms with Gasteiger partial charge in [0.2, 0.25) is 0 Å². The fourth-order valence-electron chi connectivity index (χ4n) is 2.25. The maximum absolute atomic E-state index is 5.93. The van der Waals surface area contributed by atoms with Crippen molar-refractivity contribution in [3.05, 3.63) is 29.8 Å². The van der Waals surface area contributed by atoms with E-state index in [9.17, 15) is 0 Å². The third-order valence-corrected chi connectivity index (χ3v) is 4.07. The Labute approximate surface area is 127 Å². The first kappa shape index (κ1) is 14.2. The highest BCUT2D eigenvalue weighted by molar-refractivity contribution is 5.79. The molecular formula is C17H25N3O. The van der Waals surface area contributed by atoms with E-state index in [4.69, 9.17) is 4.74 Å². The lowest BCUT2D eigenvalue weighted by Crippen LogP contribution is -2.37. The molecule has 0 radical (unpaired) electrons. The van der Waals surface area contributed by atoms with E-state index >= 15 is 0 Å². The van der Waals surface area contributed by atoms with Gasteiger partial charge in [0.15, 0.2) is 5.96 Å². The summed E-state index contributed by atoms with van der Waals surface area (Å²) in [5, 5.41) is 6.75. The van der Waals surface area contributed by atoms with E-state index in [2.05, 4.69) is 33.8 Å². The number of rotatable bonds is 7. The lowest BCUT2D eigenvalue weighted by atomic mass is 10.2. The number of aliphatic imine (C=N–C) groups is 1. The highest BCUT2D eigenvalue weighted by atomic mass is 16.5. The first-order valence-electron chi connectivity index (χ1n) is 8.00. The molecular weight excluding hydrogens is 262 g/mol. The van der Waals surface area contributed by atoms with Crippen molar-refractivity contribution in [1.82, 2.24) is 10.6 Å². The average molecular weight is 287 g/mol. The zero-order chi connectivity index (χ0) is 14.5. The van der Waals surface area contributed by atoms with Gasteiger partial charge < -0.3 is 15.4 Å². The van der Waals surface area contributed by atoms with Crippen LogP contribution in [0.25, 0.3) is 0 Å². The number of hydrogen-bond donors (Lipinski definition) is 2. The smallest absolute Gasteiger partial charge is 0.191 e. The van der Waals surface area contributed by atoms with E-state index in [0.717, 1.165) is 43.2 Å². The van der Waals surface area contributed by atoms with Crippen molar-refractivity contribution in [2.45, 2.75) is 32.2 Å². The molecule has 2 N–H and O–H groups in total. The van der Waals surface area contributed by atoms with Crippen molar-refractivity contribution in [3.8, 4) is 5.75 Å². The topological polar surface area (TPSA) is 45.7 Å². The van der Waals surface area contributed by atoms with Crippen molar-refractivity contribution in [2.75, 3.05) is 20.2 Å². The Morgan fingerprint density at radius 2 is 1.90 bits per heavy atom. The Balaban J connectivity index is 1.50. The molecule has 21 heavy (non-hydrogen) atoms. The second kappa shape index (κ2) is 6.83. The van der Waals surface area contributed by atoms with E-state index in [1.165, 1.54) is 31.2 Å². The number of ether oxygens (including phenoxy) is 1. The summed E-state index contributed by atoms with van der Waals surface area (Å²) in [5.74, 6) is 3.49. The Morgan fingerprint density at radius 3 is 2.62 bits per heavy atom. The van der Waals surface area contributed by atoms with Gasteiger partial charge in [0, 0.05) is 25.7 Å². The summed E-state index contributed by atoms with van der Waals surface area (Å²) in [6.45, 7) is 2.62. The quantitative estimate of drug-likeness (QED) is 0.598. The van der Waals surface area contributed by atoms with Gasteiger partial charge in [-0.3, -0.25) is 4.99 Å². The maximum atomic E-state index is 5.93.